The van der Waals surface area contributed by atoms with Crippen LogP contribution in [-0.4, -0.2) is 272 Å². The lowest BCUT2D eigenvalue weighted by Gasteiger charge is -2.48. The number of aromatic nitrogens is 7. The first-order valence-corrected chi connectivity index (χ1v) is 46.5. The smallest absolute Gasteiger partial charge is 0.335 e. The number of primary amides is 2. The highest BCUT2D eigenvalue weighted by Gasteiger charge is 2.40. The van der Waals surface area contributed by atoms with E-state index in [9.17, 15) is 60.7 Å². The van der Waals surface area contributed by atoms with Crippen LogP contribution in [0.4, 0.5) is 17.6 Å². The number of carbonyl (C=O) groups is 9. The van der Waals surface area contributed by atoms with Gasteiger partial charge in [0.25, 0.3) is 41.4 Å². The summed E-state index contributed by atoms with van der Waals surface area (Å²) in [5, 5.41) is 50.2. The Labute approximate surface area is 800 Å². The number of carboxylic acid groups (broad SMARTS) is 2. The minimum absolute atomic E-state index is 0.0159. The normalized spacial score (nSPS) is 15.4. The molecule has 6 fully saturated rings. The lowest BCUT2D eigenvalue weighted by Crippen LogP contribution is -2.64. The number of amides is 7. The number of thiazole rings is 3. The number of hydrogen-bond donors (Lipinski definition) is 5. The maximum Gasteiger partial charge on any atom is 0.335 e. The van der Waals surface area contributed by atoms with Gasteiger partial charge in [-0.1, -0.05) is 23.2 Å². The first kappa shape index (κ1) is 93.9. The molecule has 8 aromatic carbocycles. The average molecular weight is 1950 g/mol. The van der Waals surface area contributed by atoms with Gasteiger partial charge in [0.2, 0.25) is 0 Å². The van der Waals surface area contributed by atoms with Crippen LogP contribution in [0.3, 0.4) is 0 Å². The number of piperazine rings is 3. The van der Waals surface area contributed by atoms with E-state index < -0.39 is 47.0 Å². The zero-order valence-corrected chi connectivity index (χ0v) is 76.5. The summed E-state index contributed by atoms with van der Waals surface area (Å²) < 4.78 is 61.7. The van der Waals surface area contributed by atoms with E-state index in [1.165, 1.54) is 107 Å². The second-order valence-corrected chi connectivity index (χ2v) is 36.3. The fourth-order valence-corrected chi connectivity index (χ4v) is 19.4. The highest BCUT2D eigenvalue weighted by molar-refractivity contribution is 7.12. The van der Waals surface area contributed by atoms with Gasteiger partial charge in [0.15, 0.2) is 15.0 Å². The van der Waals surface area contributed by atoms with Crippen LogP contribution in [0.2, 0.25) is 10.0 Å². The molecule has 0 unspecified atom stereocenters. The van der Waals surface area contributed by atoms with E-state index in [2.05, 4.69) is 35.0 Å². The molecule has 7 aromatic heterocycles. The summed E-state index contributed by atoms with van der Waals surface area (Å²) in [6.07, 6.45) is 11.8. The minimum Gasteiger partial charge on any atom is -0.478 e. The van der Waals surface area contributed by atoms with Crippen molar-refractivity contribution in [1.82, 2.24) is 77.7 Å². The molecular weight excluding hydrogens is 1860 g/mol. The standard InChI is InChI=1S/C27H24ClFN6O3S.C27H22ClFN6O2S.C16H11FN2O3.C16H9FN2O2.C11H16N4OS/c28-21-15-35(17-2-3-22(29)20(12-17)24(30)36)23-4-1-16(11-19(21)23)26(37)34-13-18(14-34)32-6-8-33(9-7-32)27(38)25-31-5-10-39-25;28-22-16-35(19-2-3-23(29)18(11-19)13-30)24-4-1-17(12-21(22)24)26(36)34-14-20(15-34)32-6-8-33(9-7-32)27(37)25-31-5-10-38-25;17-13-3-2-11(8-12(13)15(18)20)19-6-5-9-7-10(16(21)22)1-4-14(9)19;17-14-3-2-13(8-12(14)9-18)19-6-5-10-7-11(16(20)21)1-4-15(10)19;16-11(10-13-1-6-17-10)15-4-2-14(3-5-15)9-7-12-8-9/h1-5,10-12,15,18H,6-9,13-14H2,(H2,30,36);1-5,10-12,16,20H,6-9,14-15H2;1-8H,(H2,18,20)(H,21,22);1-8H,(H,20,21);1,6,9,12H,2-5,7-8H2. The van der Waals surface area contributed by atoms with Crippen molar-refractivity contribution in [3.8, 4) is 34.9 Å². The van der Waals surface area contributed by atoms with E-state index in [0.717, 1.165) is 92.8 Å². The van der Waals surface area contributed by atoms with E-state index >= 15 is 0 Å². The summed E-state index contributed by atoms with van der Waals surface area (Å²) in [7, 11) is 0. The van der Waals surface area contributed by atoms with Crippen molar-refractivity contribution in [3.63, 3.8) is 0 Å². The van der Waals surface area contributed by atoms with E-state index in [4.69, 9.17) is 55.4 Å². The third-order valence-corrected chi connectivity index (χ3v) is 27.7. The van der Waals surface area contributed by atoms with Gasteiger partial charge >= 0.3 is 11.9 Å². The quantitative estimate of drug-likeness (QED) is 0.0561. The van der Waals surface area contributed by atoms with Gasteiger partial charge in [-0.25, -0.2) is 42.1 Å². The molecule has 6 aliphatic rings. The Hall–Kier alpha value is -14.8. The molecule has 0 spiro atoms. The van der Waals surface area contributed by atoms with Crippen LogP contribution < -0.4 is 16.8 Å². The van der Waals surface area contributed by atoms with E-state index in [1.807, 2.05) is 47.4 Å². The summed E-state index contributed by atoms with van der Waals surface area (Å²) in [4.78, 5) is 137. The maximum absolute atomic E-state index is 14.0. The van der Waals surface area contributed by atoms with Crippen molar-refractivity contribution in [2.75, 3.05) is 118 Å². The second kappa shape index (κ2) is 40.8. The number of fused-ring (bicyclic) bond motifs is 4. The third kappa shape index (κ3) is 20.2. The number of nitrogens with one attached hydrogen (secondary N) is 1. The highest BCUT2D eigenvalue weighted by atomic mass is 35.5. The molecule has 21 rings (SSSR count). The van der Waals surface area contributed by atoms with Gasteiger partial charge < -0.3 is 69.8 Å². The Morgan fingerprint density at radius 1 is 0.380 bits per heavy atom. The molecule has 0 aliphatic carbocycles. The molecule has 31 nitrogen and oxygen atoms in total. The van der Waals surface area contributed by atoms with E-state index in [0.29, 0.717) is 134 Å². The third-order valence-electron chi connectivity index (χ3n) is 24.8. The summed E-state index contributed by atoms with van der Waals surface area (Å²) in [5.74, 6) is -6.29. The van der Waals surface area contributed by atoms with Crippen LogP contribution in [0.25, 0.3) is 66.4 Å². The average Bonchev–Trinajstić information content (AvgIpc) is 1.55. The number of nitrogens with zero attached hydrogens (tertiary/aromatic N) is 17. The SMILES string of the molecule is N#Cc1cc(-n2cc(Cl)c3cc(C(=O)N4CC(N5CCN(C(=O)c6nccs6)CC5)C4)ccc32)ccc1F.N#Cc1cc(-n2ccc3cc(C(=O)O)ccc32)ccc1F.NC(=O)c1cc(-n2cc(Cl)c3cc(C(=O)N4CC(N5CCN(C(=O)c6nccs6)CC5)C4)ccc32)ccc1F.NC(=O)c1cc(-n2ccc3cc(C(=O)O)ccc32)ccc1F.O=C(c1nccs1)N1CCN(C2CNC2)CC1. The lowest BCUT2D eigenvalue weighted by molar-refractivity contribution is 0.00807. The molecule has 7 amide bonds. The van der Waals surface area contributed by atoms with Gasteiger partial charge in [-0.15, -0.1) is 34.0 Å². The molecule has 13 heterocycles. The number of hydrogen-bond acceptors (Lipinski definition) is 21. The van der Waals surface area contributed by atoms with Crippen LogP contribution in [0, 0.1) is 45.9 Å². The summed E-state index contributed by atoms with van der Waals surface area (Å²) in [6.45, 7) is 14.0. The van der Waals surface area contributed by atoms with Crippen molar-refractivity contribution in [2.45, 2.75) is 18.1 Å². The maximum atomic E-state index is 14.0. The van der Waals surface area contributed by atoms with Crippen molar-refractivity contribution in [2.24, 2.45) is 11.5 Å². The largest absolute Gasteiger partial charge is 0.478 e. The molecule has 0 atom stereocenters. The minimum atomic E-state index is -1.01. The van der Waals surface area contributed by atoms with Crippen molar-refractivity contribution < 1.29 is 70.9 Å². The number of nitriles is 2. The molecular formula is C97H82Cl2F4N20O11S3. The topological polar surface area (TPSA) is 390 Å². The number of benzene rings is 8. The summed E-state index contributed by atoms with van der Waals surface area (Å²) in [5.41, 5.74) is 16.8. The predicted octanol–water partition coefficient (Wildman–Crippen LogP) is 13.1. The number of nitrogens with two attached hydrogens (primary N) is 2. The number of rotatable bonds is 16. The van der Waals surface area contributed by atoms with E-state index in [-0.39, 0.29) is 75.0 Å². The zero-order valence-electron chi connectivity index (χ0n) is 72.6. The molecule has 696 valence electrons. The Morgan fingerprint density at radius 2 is 0.708 bits per heavy atom. The van der Waals surface area contributed by atoms with Gasteiger partial charge in [0, 0.05) is 251 Å². The van der Waals surface area contributed by atoms with Crippen molar-refractivity contribution >= 4 is 154 Å². The van der Waals surface area contributed by atoms with Crippen LogP contribution in [0.5, 0.6) is 0 Å². The summed E-state index contributed by atoms with van der Waals surface area (Å²) in [6, 6.07) is 45.3. The molecule has 6 saturated heterocycles. The van der Waals surface area contributed by atoms with Gasteiger partial charge in [-0.2, -0.15) is 10.5 Å². The van der Waals surface area contributed by atoms with Gasteiger partial charge in [0.1, 0.15) is 35.4 Å². The number of aromatic carboxylic acids is 2. The van der Waals surface area contributed by atoms with Crippen molar-refractivity contribution in [1.29, 1.82) is 10.5 Å². The molecule has 0 saturated carbocycles. The van der Waals surface area contributed by atoms with E-state index in [1.54, 1.807) is 152 Å². The fourth-order valence-electron chi connectivity index (χ4n) is 17.1. The number of likely N-dealkylation sites (tertiary alicyclic amines) is 2. The number of carbonyl (C=O) groups excluding carboxylic acids is 7. The van der Waals surface area contributed by atoms with Gasteiger partial charge in [-0.05, 0) is 158 Å². The van der Waals surface area contributed by atoms with Gasteiger partial charge in [0.05, 0.1) is 65.5 Å². The monoisotopic (exact) mass is 1940 g/mol. The van der Waals surface area contributed by atoms with Gasteiger partial charge in [-0.3, -0.25) is 48.3 Å². The van der Waals surface area contributed by atoms with Crippen LogP contribution in [0.1, 0.15) is 103 Å². The fraction of sp³-hybridized carbons (Fsp3) is 0.216. The molecule has 7 N–H and O–H groups in total. The number of carboxylic acids is 2. The molecule has 0 bridgehead atoms. The van der Waals surface area contributed by atoms with Crippen LogP contribution in [0.15, 0.2) is 217 Å². The molecule has 137 heavy (non-hydrogen) atoms. The van der Waals surface area contributed by atoms with Crippen molar-refractivity contribution in [3.05, 3.63) is 310 Å². The number of halogens is 6. The molecule has 40 heteroatoms. The Bertz CT molecular complexity index is 7290. The highest BCUT2D eigenvalue weighted by Crippen LogP contribution is 2.36. The Balaban J connectivity index is 0.000000123. The first-order valence-electron chi connectivity index (χ1n) is 43.1. The molecule has 15 aromatic rings. The molecule has 0 radical (unpaired) electrons. The Kier molecular flexibility index (Phi) is 28.0. The second-order valence-electron chi connectivity index (χ2n) is 32.8. The first-order chi connectivity index (χ1) is 66.1. The van der Waals surface area contributed by atoms with Crippen LogP contribution >= 0.6 is 57.2 Å². The Morgan fingerprint density at radius 3 is 1.04 bits per heavy atom. The van der Waals surface area contributed by atoms with Crippen LogP contribution in [-0.2, 0) is 0 Å². The lowest BCUT2D eigenvalue weighted by atomic mass is 10.0. The predicted molar refractivity (Wildman–Crippen MR) is 508 cm³/mol. The summed E-state index contributed by atoms with van der Waals surface area (Å²) >= 11 is 17.1. The zero-order chi connectivity index (χ0) is 96.1. The molecule has 6 aliphatic heterocycles.